The third-order valence-corrected chi connectivity index (χ3v) is 7.31. The third kappa shape index (κ3) is 3.83. The number of nitrogens with one attached hydrogen (secondary N) is 1. The fourth-order valence-corrected chi connectivity index (χ4v) is 5.63. The molecule has 1 aromatic carbocycles. The molecule has 2 aromatic rings. The van der Waals surface area contributed by atoms with E-state index >= 15 is 0 Å². The van der Waals surface area contributed by atoms with Crippen LogP contribution in [0.2, 0.25) is 0 Å². The number of rotatable bonds is 4. The number of fused-ring (bicyclic) bond motifs is 3. The van der Waals surface area contributed by atoms with Crippen molar-refractivity contribution in [1.82, 2.24) is 4.98 Å². The summed E-state index contributed by atoms with van der Waals surface area (Å²) in [6, 6.07) is 3.94. The number of hydrogen-bond donors (Lipinski definition) is 3. The number of nitrogen functional groups attached to an aromatic ring is 1. The Labute approximate surface area is 173 Å². The number of hydrogen-bond acceptors (Lipinski definition) is 6. The lowest BCUT2D eigenvalue weighted by Crippen LogP contribution is -2.21. The van der Waals surface area contributed by atoms with E-state index in [0.717, 1.165) is 77.8 Å². The quantitative estimate of drug-likeness (QED) is 0.531. The minimum absolute atomic E-state index is 0.197. The Morgan fingerprint density at radius 2 is 1.93 bits per heavy atom. The van der Waals surface area contributed by atoms with Gasteiger partial charge in [0.1, 0.15) is 0 Å². The fourth-order valence-electron chi connectivity index (χ4n) is 4.36. The van der Waals surface area contributed by atoms with Crippen LogP contribution in [0.15, 0.2) is 23.3 Å². The van der Waals surface area contributed by atoms with Crippen LogP contribution in [0.1, 0.15) is 48.1 Å². The molecular formula is C22H27N5OS. The summed E-state index contributed by atoms with van der Waals surface area (Å²) in [6.07, 6.45) is 10.6. The molecule has 0 bridgehead atoms. The minimum Gasteiger partial charge on any atom is -0.404 e. The Balaban J connectivity index is 1.79. The molecule has 1 fully saturated rings. The van der Waals surface area contributed by atoms with E-state index in [4.69, 9.17) is 26.9 Å². The largest absolute Gasteiger partial charge is 0.404 e. The second kappa shape index (κ2) is 8.45. The smallest absolute Gasteiger partial charge is 0.0774 e. The molecule has 29 heavy (non-hydrogen) atoms. The van der Waals surface area contributed by atoms with Crippen LogP contribution in [0, 0.1) is 5.41 Å². The van der Waals surface area contributed by atoms with E-state index in [-0.39, 0.29) is 6.04 Å². The molecule has 1 aliphatic carbocycles. The van der Waals surface area contributed by atoms with Crippen LogP contribution in [0.3, 0.4) is 0 Å². The summed E-state index contributed by atoms with van der Waals surface area (Å²) in [5.41, 5.74) is 18.5. The van der Waals surface area contributed by atoms with Gasteiger partial charge in [0.2, 0.25) is 0 Å². The summed E-state index contributed by atoms with van der Waals surface area (Å²) in [7, 11) is -0.690. The van der Waals surface area contributed by atoms with Gasteiger partial charge in [0, 0.05) is 63.1 Å². The Hall–Kier alpha value is -2.54. The summed E-state index contributed by atoms with van der Waals surface area (Å²) < 4.78 is 11.6. The average molecular weight is 410 g/mol. The Morgan fingerprint density at radius 1 is 1.21 bits per heavy atom. The lowest BCUT2D eigenvalue weighted by Gasteiger charge is -2.23. The predicted octanol–water partition coefficient (Wildman–Crippen LogP) is 2.97. The Morgan fingerprint density at radius 3 is 2.62 bits per heavy atom. The lowest BCUT2D eigenvalue weighted by atomic mass is 9.85. The van der Waals surface area contributed by atoms with E-state index in [9.17, 15) is 4.21 Å². The molecule has 1 aromatic heterocycles. The maximum absolute atomic E-state index is 11.6. The van der Waals surface area contributed by atoms with Gasteiger partial charge in [-0.05, 0) is 61.8 Å². The second-order valence-corrected chi connectivity index (χ2v) is 9.41. The van der Waals surface area contributed by atoms with Gasteiger partial charge in [-0.3, -0.25) is 9.20 Å². The average Bonchev–Trinajstić information content (AvgIpc) is 2.75. The SMILES string of the molecule is N=Cc1c(N)ccc2nc(/C(C=NC3CCS(=O)CC3)=C/N)c3c(c12)CCCC3. The molecule has 0 radical (unpaired) electrons. The van der Waals surface area contributed by atoms with E-state index in [1.165, 1.54) is 17.3 Å². The molecule has 0 unspecified atom stereocenters. The highest BCUT2D eigenvalue weighted by Crippen LogP contribution is 2.35. The zero-order valence-electron chi connectivity index (χ0n) is 16.5. The van der Waals surface area contributed by atoms with Crippen molar-refractivity contribution in [2.24, 2.45) is 10.7 Å². The molecule has 2 heterocycles. The second-order valence-electron chi connectivity index (χ2n) is 7.71. The first-order chi connectivity index (χ1) is 14.1. The van der Waals surface area contributed by atoms with Crippen LogP contribution in [0.25, 0.3) is 16.5 Å². The van der Waals surface area contributed by atoms with Crippen LogP contribution in [-0.2, 0) is 23.6 Å². The number of nitrogens with two attached hydrogens (primary N) is 2. The van der Waals surface area contributed by atoms with Crippen molar-refractivity contribution in [1.29, 1.82) is 5.41 Å². The molecule has 0 atom stereocenters. The molecule has 1 aliphatic heterocycles. The van der Waals surface area contributed by atoms with Gasteiger partial charge >= 0.3 is 0 Å². The zero-order chi connectivity index (χ0) is 20.4. The van der Waals surface area contributed by atoms with E-state index in [1.54, 1.807) is 6.20 Å². The summed E-state index contributed by atoms with van der Waals surface area (Å²) in [4.78, 5) is 9.68. The molecular weight excluding hydrogens is 382 g/mol. The standard InChI is InChI=1S/C22H27N5OS/c23-11-14(13-26-15-7-9-29(28)10-8-15)22-17-4-2-1-3-16(17)21-18(12-24)19(25)5-6-20(21)27-22/h5-6,11-13,15,24H,1-4,7-10,23,25H2/b14-11+,24-12?,26-13?. The number of benzene rings is 1. The molecule has 6 nitrogen and oxygen atoms in total. The van der Waals surface area contributed by atoms with E-state index < -0.39 is 10.8 Å². The topological polar surface area (TPSA) is 118 Å². The van der Waals surface area contributed by atoms with Crippen molar-refractivity contribution in [3.05, 3.63) is 40.7 Å². The predicted molar refractivity (Wildman–Crippen MR) is 122 cm³/mol. The lowest BCUT2D eigenvalue weighted by molar-refractivity contribution is 0.601. The summed E-state index contributed by atoms with van der Waals surface area (Å²) >= 11 is 0. The maximum Gasteiger partial charge on any atom is 0.0774 e. The highest BCUT2D eigenvalue weighted by molar-refractivity contribution is 7.85. The van der Waals surface area contributed by atoms with Gasteiger partial charge in [-0.2, -0.15) is 0 Å². The number of nitrogens with zero attached hydrogens (tertiary/aromatic N) is 2. The molecule has 4 rings (SSSR count). The van der Waals surface area contributed by atoms with Crippen molar-refractivity contribution >= 4 is 45.4 Å². The van der Waals surface area contributed by atoms with E-state index in [0.29, 0.717) is 5.69 Å². The van der Waals surface area contributed by atoms with Crippen molar-refractivity contribution < 1.29 is 4.21 Å². The molecule has 0 saturated carbocycles. The summed E-state index contributed by atoms with van der Waals surface area (Å²) in [5, 5.41) is 8.85. The van der Waals surface area contributed by atoms with Crippen LogP contribution in [0.4, 0.5) is 5.69 Å². The number of aromatic nitrogens is 1. The van der Waals surface area contributed by atoms with E-state index in [2.05, 4.69) is 0 Å². The minimum atomic E-state index is -0.690. The highest BCUT2D eigenvalue weighted by Gasteiger charge is 2.22. The Kier molecular flexibility index (Phi) is 5.76. The van der Waals surface area contributed by atoms with Gasteiger partial charge in [0.15, 0.2) is 0 Å². The van der Waals surface area contributed by atoms with Gasteiger partial charge in [0.05, 0.1) is 17.3 Å². The van der Waals surface area contributed by atoms with Gasteiger partial charge < -0.3 is 16.9 Å². The normalized spacial score (nSPS) is 22.7. The van der Waals surface area contributed by atoms with Gasteiger partial charge in [-0.25, -0.2) is 4.98 Å². The van der Waals surface area contributed by atoms with Gasteiger partial charge in [-0.15, -0.1) is 0 Å². The van der Waals surface area contributed by atoms with Crippen molar-refractivity contribution in [2.75, 3.05) is 17.2 Å². The molecule has 1 saturated heterocycles. The molecule has 7 heteroatoms. The first-order valence-corrected chi connectivity index (χ1v) is 11.7. The first kappa shape index (κ1) is 19.8. The number of pyridine rings is 1. The van der Waals surface area contributed by atoms with Crippen molar-refractivity contribution in [3.63, 3.8) is 0 Å². The van der Waals surface area contributed by atoms with Gasteiger partial charge in [0.25, 0.3) is 0 Å². The van der Waals surface area contributed by atoms with Crippen LogP contribution >= 0.6 is 0 Å². The van der Waals surface area contributed by atoms with Crippen LogP contribution in [-0.4, -0.2) is 39.2 Å². The molecule has 2 aliphatic rings. The maximum atomic E-state index is 11.6. The number of anilines is 1. The monoisotopic (exact) mass is 409 g/mol. The first-order valence-electron chi connectivity index (χ1n) is 10.2. The Bertz CT molecular complexity index is 1030. The zero-order valence-corrected chi connectivity index (χ0v) is 17.3. The number of aliphatic imine (C=N–C) groups is 1. The molecule has 0 spiro atoms. The third-order valence-electron chi connectivity index (χ3n) is 5.92. The molecule has 152 valence electrons. The van der Waals surface area contributed by atoms with Gasteiger partial charge in [-0.1, -0.05) is 0 Å². The van der Waals surface area contributed by atoms with Crippen molar-refractivity contribution in [2.45, 2.75) is 44.6 Å². The molecule has 5 N–H and O–H groups in total. The molecule has 0 amide bonds. The van der Waals surface area contributed by atoms with Crippen LogP contribution < -0.4 is 11.5 Å². The van der Waals surface area contributed by atoms with Crippen molar-refractivity contribution in [3.8, 4) is 0 Å². The highest BCUT2D eigenvalue weighted by atomic mass is 32.2. The summed E-state index contributed by atoms with van der Waals surface area (Å²) in [5.74, 6) is 1.45. The fraction of sp³-hybridized carbons (Fsp3) is 0.409. The van der Waals surface area contributed by atoms with E-state index in [1.807, 2.05) is 18.3 Å². The van der Waals surface area contributed by atoms with Crippen LogP contribution in [0.5, 0.6) is 0 Å². The number of allylic oxidation sites excluding steroid dienone is 1. The summed E-state index contributed by atoms with van der Waals surface area (Å²) in [6.45, 7) is 0. The number of aryl methyl sites for hydroxylation is 1.